The Labute approximate surface area is 266 Å². The monoisotopic (exact) mass is 617 g/mol. The number of nitrogens with zero attached hydrogens (tertiary/aromatic N) is 3. The van der Waals surface area contributed by atoms with Crippen molar-refractivity contribution in [1.29, 1.82) is 0 Å². The van der Waals surface area contributed by atoms with E-state index in [1.165, 1.54) is 47.9 Å². The molecule has 1 aliphatic rings. The third kappa shape index (κ3) is 9.57. The van der Waals surface area contributed by atoms with E-state index in [1.54, 1.807) is 6.07 Å². The summed E-state index contributed by atoms with van der Waals surface area (Å²) in [6, 6.07) is 18.6. The van der Waals surface area contributed by atoms with Crippen molar-refractivity contribution >= 4 is 44.0 Å². The van der Waals surface area contributed by atoms with Gasteiger partial charge in [0.1, 0.15) is 5.75 Å². The molecule has 0 N–H and O–H groups in total. The molecule has 0 bridgehead atoms. The smallest absolute Gasteiger partial charge is 0.308 e. The van der Waals surface area contributed by atoms with E-state index in [9.17, 15) is 4.79 Å². The zero-order valence-corrected chi connectivity index (χ0v) is 27.0. The van der Waals surface area contributed by atoms with Gasteiger partial charge in [-0.3, -0.25) is 9.69 Å². The Bertz CT molecular complexity index is 1450. The minimum atomic E-state index is -0.218. The molecule has 4 aromatic rings. The zero-order chi connectivity index (χ0) is 30.4. The summed E-state index contributed by atoms with van der Waals surface area (Å²) in [4.78, 5) is 21.7. The highest BCUT2D eigenvalue weighted by Gasteiger charge is 2.18. The Balaban J connectivity index is 0.960. The molecule has 8 heteroatoms. The maximum atomic E-state index is 12.0. The van der Waals surface area contributed by atoms with Gasteiger partial charge in [0, 0.05) is 65.9 Å². The number of benzene rings is 2. The van der Waals surface area contributed by atoms with Crippen molar-refractivity contribution in [3.8, 4) is 11.6 Å². The lowest BCUT2D eigenvalue weighted by Crippen LogP contribution is -2.46. The second kappa shape index (κ2) is 17.2. The molecule has 0 saturated carbocycles. The molecule has 0 spiro atoms. The number of pyridine rings is 1. The van der Waals surface area contributed by atoms with Crippen molar-refractivity contribution in [2.24, 2.45) is 0 Å². The van der Waals surface area contributed by atoms with Gasteiger partial charge in [-0.15, -0.1) is 11.3 Å². The normalized spacial score (nSPS) is 13.9. The first kappa shape index (κ1) is 32.0. The number of anilines is 1. The lowest BCUT2D eigenvalue weighted by atomic mass is 10.1. The molecule has 5 rings (SSSR count). The summed E-state index contributed by atoms with van der Waals surface area (Å²) in [5, 5.41) is 4.58. The number of rotatable bonds is 18. The van der Waals surface area contributed by atoms with Crippen molar-refractivity contribution in [1.82, 2.24) is 9.88 Å². The number of piperazine rings is 1. The number of thiophene rings is 1. The molecule has 7 nitrogen and oxygen atoms in total. The Hall–Kier alpha value is -3.36. The van der Waals surface area contributed by atoms with Gasteiger partial charge in [0.2, 0.25) is 12.7 Å². The maximum absolute atomic E-state index is 12.0. The van der Waals surface area contributed by atoms with E-state index in [-0.39, 0.29) is 12.8 Å². The highest BCUT2D eigenvalue weighted by molar-refractivity contribution is 7.17. The van der Waals surface area contributed by atoms with Gasteiger partial charge >= 0.3 is 5.97 Å². The molecule has 0 aliphatic carbocycles. The van der Waals surface area contributed by atoms with Crippen LogP contribution in [-0.2, 0) is 9.53 Å². The average Bonchev–Trinajstić information content (AvgIpc) is 3.54. The van der Waals surface area contributed by atoms with Gasteiger partial charge in [-0.2, -0.15) is 0 Å². The van der Waals surface area contributed by atoms with Gasteiger partial charge < -0.3 is 19.1 Å². The summed E-state index contributed by atoms with van der Waals surface area (Å²) in [6.45, 7) is 8.22. The van der Waals surface area contributed by atoms with E-state index >= 15 is 0 Å². The van der Waals surface area contributed by atoms with E-state index in [0.717, 1.165) is 75.1 Å². The summed E-state index contributed by atoms with van der Waals surface area (Å²) in [5.41, 5.74) is 2.17. The lowest BCUT2D eigenvalue weighted by Gasteiger charge is -2.36. The number of aromatic nitrogens is 1. The minimum Gasteiger partial charge on any atom is -0.494 e. The fraction of sp³-hybridized carbons (Fsp3) is 0.500. The van der Waals surface area contributed by atoms with Crippen molar-refractivity contribution < 1.29 is 19.0 Å². The van der Waals surface area contributed by atoms with Crippen LogP contribution in [0.25, 0.3) is 21.0 Å². The topological polar surface area (TPSA) is 64.1 Å². The fourth-order valence-corrected chi connectivity index (χ4v) is 6.60. The SMILES string of the molecule is CCCCCCCCCC(=O)OCOc1ccc2ccc(OCCCCN3CCN(c4cccc5sccc45)CC3)cc2n1. The van der Waals surface area contributed by atoms with Gasteiger partial charge in [-0.1, -0.05) is 51.5 Å². The molecular formula is C36H47N3O4S. The first-order chi connectivity index (χ1) is 21.7. The molecule has 1 aliphatic heterocycles. The summed E-state index contributed by atoms with van der Waals surface area (Å²) in [6.07, 6.45) is 10.8. The molecule has 0 atom stereocenters. The van der Waals surface area contributed by atoms with Crippen LogP contribution in [0, 0.1) is 0 Å². The first-order valence-corrected chi connectivity index (χ1v) is 17.3. The Morgan fingerprint density at radius 3 is 2.55 bits per heavy atom. The van der Waals surface area contributed by atoms with Crippen molar-refractivity contribution in [3.63, 3.8) is 0 Å². The van der Waals surface area contributed by atoms with E-state index in [0.29, 0.717) is 18.9 Å². The summed E-state index contributed by atoms with van der Waals surface area (Å²) < 4.78 is 18.3. The molecule has 236 valence electrons. The highest BCUT2D eigenvalue weighted by atomic mass is 32.1. The predicted octanol–water partition coefficient (Wildman–Crippen LogP) is 8.45. The number of hydrogen-bond acceptors (Lipinski definition) is 8. The molecule has 1 saturated heterocycles. The Morgan fingerprint density at radius 2 is 1.68 bits per heavy atom. The van der Waals surface area contributed by atoms with Gasteiger partial charge in [0.05, 0.1) is 12.1 Å². The van der Waals surface area contributed by atoms with E-state index in [2.05, 4.69) is 51.4 Å². The van der Waals surface area contributed by atoms with Crippen molar-refractivity contribution in [2.75, 3.05) is 51.0 Å². The van der Waals surface area contributed by atoms with Crippen LogP contribution >= 0.6 is 11.3 Å². The van der Waals surface area contributed by atoms with Crippen LogP contribution in [0.3, 0.4) is 0 Å². The predicted molar refractivity (Wildman–Crippen MR) is 181 cm³/mol. The standard InChI is InChI=1S/C36H47N3O4S/c1-2-3-4-5-6-7-8-14-36(40)43-28-42-35-18-16-29-15-17-30(27-32(29)37-35)41-25-10-9-20-38-21-23-39(24-22-38)33-12-11-13-34-31(33)19-26-44-34/h11-13,15-19,26-27H,2-10,14,20-25,28H2,1H3. The van der Waals surface area contributed by atoms with Gasteiger partial charge in [0.15, 0.2) is 0 Å². The zero-order valence-electron chi connectivity index (χ0n) is 26.2. The van der Waals surface area contributed by atoms with Crippen LogP contribution in [0.15, 0.2) is 60.0 Å². The summed E-state index contributed by atoms with van der Waals surface area (Å²) in [7, 11) is 0. The number of fused-ring (bicyclic) bond motifs is 2. The quantitative estimate of drug-likeness (QED) is 0.0631. The third-order valence-corrected chi connectivity index (χ3v) is 9.25. The molecule has 0 unspecified atom stereocenters. The van der Waals surface area contributed by atoms with Crippen LogP contribution in [0.5, 0.6) is 11.6 Å². The molecule has 1 fully saturated rings. The number of carbonyl (C=O) groups excluding carboxylic acids is 1. The Kier molecular flexibility index (Phi) is 12.5. The van der Waals surface area contributed by atoms with Crippen LogP contribution in [0.2, 0.25) is 0 Å². The number of esters is 1. The van der Waals surface area contributed by atoms with Gasteiger partial charge in [-0.05, 0) is 67.6 Å². The van der Waals surface area contributed by atoms with Crippen LogP contribution in [0.1, 0.15) is 71.1 Å². The molecule has 3 heterocycles. The second-order valence-corrected chi connectivity index (χ2v) is 12.6. The number of carbonyl (C=O) groups is 1. The molecule has 0 amide bonds. The fourth-order valence-electron chi connectivity index (χ4n) is 5.80. The first-order valence-electron chi connectivity index (χ1n) is 16.4. The van der Waals surface area contributed by atoms with Gasteiger partial charge in [-0.25, -0.2) is 4.98 Å². The van der Waals surface area contributed by atoms with Crippen LogP contribution in [-0.4, -0.2) is 62.0 Å². The maximum Gasteiger partial charge on any atom is 0.308 e. The third-order valence-electron chi connectivity index (χ3n) is 8.37. The highest BCUT2D eigenvalue weighted by Crippen LogP contribution is 2.31. The largest absolute Gasteiger partial charge is 0.494 e. The Morgan fingerprint density at radius 1 is 0.864 bits per heavy atom. The van der Waals surface area contributed by atoms with Crippen LogP contribution < -0.4 is 14.4 Å². The number of ether oxygens (including phenoxy) is 3. The lowest BCUT2D eigenvalue weighted by molar-refractivity contribution is -0.150. The van der Waals surface area contributed by atoms with Gasteiger partial charge in [0.25, 0.3) is 0 Å². The van der Waals surface area contributed by atoms with Crippen LogP contribution in [0.4, 0.5) is 5.69 Å². The second-order valence-electron chi connectivity index (χ2n) is 11.6. The minimum absolute atomic E-state index is 0.121. The molecule has 2 aromatic heterocycles. The average molecular weight is 618 g/mol. The number of hydrogen-bond donors (Lipinski definition) is 0. The number of unbranched alkanes of at least 4 members (excludes halogenated alkanes) is 7. The summed E-state index contributed by atoms with van der Waals surface area (Å²) in [5.74, 6) is 1.02. The van der Waals surface area contributed by atoms with E-state index in [4.69, 9.17) is 14.2 Å². The molecular weight excluding hydrogens is 570 g/mol. The van der Waals surface area contributed by atoms with E-state index in [1.807, 2.05) is 35.6 Å². The van der Waals surface area contributed by atoms with Crippen molar-refractivity contribution in [2.45, 2.75) is 71.1 Å². The molecule has 44 heavy (non-hydrogen) atoms. The summed E-state index contributed by atoms with van der Waals surface area (Å²) >= 11 is 1.82. The molecule has 0 radical (unpaired) electrons. The van der Waals surface area contributed by atoms with Crippen molar-refractivity contribution in [3.05, 3.63) is 60.0 Å². The molecule has 2 aromatic carbocycles. The van der Waals surface area contributed by atoms with E-state index < -0.39 is 0 Å².